The Morgan fingerprint density at radius 1 is 1.24 bits per heavy atom. The lowest BCUT2D eigenvalue weighted by atomic mass is 10.1. The van der Waals surface area contributed by atoms with Crippen LogP contribution in [0.4, 0.5) is 0 Å². The van der Waals surface area contributed by atoms with Gasteiger partial charge in [-0.15, -0.1) is 0 Å². The minimum Gasteiger partial charge on any atom is -0.507 e. The van der Waals surface area contributed by atoms with Gasteiger partial charge in [0.05, 0.1) is 0 Å². The molecule has 0 saturated heterocycles. The first-order chi connectivity index (χ1) is 9.97. The van der Waals surface area contributed by atoms with Gasteiger partial charge in [-0.2, -0.15) is 0 Å². The standard InChI is InChI=1S/C15H22N2O4/c1-17(13(18)8-3-2-4-9-16)10-11-6-5-7-12(14(11)19)15(20)21/h5-7,19H,2-4,8-10,16H2,1H3,(H,20,21). The summed E-state index contributed by atoms with van der Waals surface area (Å²) in [6.45, 7) is 0.808. The maximum Gasteiger partial charge on any atom is 0.339 e. The SMILES string of the molecule is CN(Cc1cccc(C(=O)O)c1O)C(=O)CCCCCN. The smallest absolute Gasteiger partial charge is 0.339 e. The zero-order valence-corrected chi connectivity index (χ0v) is 12.2. The van der Waals surface area contributed by atoms with Crippen molar-refractivity contribution in [2.45, 2.75) is 32.2 Å². The van der Waals surface area contributed by atoms with Gasteiger partial charge in [-0.3, -0.25) is 4.79 Å². The van der Waals surface area contributed by atoms with Crippen LogP contribution in [0.1, 0.15) is 41.6 Å². The fraction of sp³-hybridized carbons (Fsp3) is 0.467. The van der Waals surface area contributed by atoms with Crippen LogP contribution < -0.4 is 5.73 Å². The molecule has 1 rings (SSSR count). The van der Waals surface area contributed by atoms with Crippen molar-refractivity contribution in [1.82, 2.24) is 4.90 Å². The summed E-state index contributed by atoms with van der Waals surface area (Å²) in [5.74, 6) is -1.51. The second kappa shape index (κ2) is 8.26. The number of carboxylic acid groups (broad SMARTS) is 1. The molecule has 0 atom stereocenters. The van der Waals surface area contributed by atoms with E-state index in [4.69, 9.17) is 10.8 Å². The Labute approximate surface area is 124 Å². The number of nitrogens with zero attached hydrogens (tertiary/aromatic N) is 1. The van der Waals surface area contributed by atoms with E-state index in [9.17, 15) is 14.7 Å². The Kier molecular flexibility index (Phi) is 6.68. The van der Waals surface area contributed by atoms with E-state index in [1.165, 1.54) is 11.0 Å². The van der Waals surface area contributed by atoms with Crippen molar-refractivity contribution in [1.29, 1.82) is 0 Å². The molecule has 116 valence electrons. The van der Waals surface area contributed by atoms with E-state index < -0.39 is 5.97 Å². The Morgan fingerprint density at radius 2 is 1.95 bits per heavy atom. The molecule has 0 radical (unpaired) electrons. The summed E-state index contributed by atoms with van der Waals surface area (Å²) in [5.41, 5.74) is 5.66. The fourth-order valence-electron chi connectivity index (χ4n) is 2.02. The van der Waals surface area contributed by atoms with Gasteiger partial charge in [0, 0.05) is 25.6 Å². The van der Waals surface area contributed by atoms with E-state index in [1.807, 2.05) is 0 Å². The quantitative estimate of drug-likeness (QED) is 0.631. The van der Waals surface area contributed by atoms with Gasteiger partial charge < -0.3 is 20.8 Å². The first-order valence-corrected chi connectivity index (χ1v) is 6.95. The lowest BCUT2D eigenvalue weighted by Gasteiger charge is -2.18. The first kappa shape index (κ1) is 17.0. The van der Waals surface area contributed by atoms with E-state index in [2.05, 4.69) is 0 Å². The third kappa shape index (κ3) is 5.07. The highest BCUT2D eigenvalue weighted by Gasteiger charge is 2.16. The number of unbranched alkanes of at least 4 members (excludes halogenated alkanes) is 2. The number of amides is 1. The molecule has 0 saturated carbocycles. The number of rotatable bonds is 8. The van der Waals surface area contributed by atoms with E-state index in [1.54, 1.807) is 19.2 Å². The van der Waals surface area contributed by atoms with Crippen LogP contribution in [0, 0.1) is 0 Å². The largest absolute Gasteiger partial charge is 0.507 e. The Balaban J connectivity index is 2.62. The summed E-state index contributed by atoms with van der Waals surface area (Å²) in [5, 5.41) is 18.9. The van der Waals surface area contributed by atoms with Crippen molar-refractivity contribution in [3.8, 4) is 5.75 Å². The molecule has 0 aliphatic rings. The second-order valence-corrected chi connectivity index (χ2v) is 4.97. The lowest BCUT2D eigenvalue weighted by Crippen LogP contribution is -2.26. The van der Waals surface area contributed by atoms with Crippen LogP contribution in [0.3, 0.4) is 0 Å². The summed E-state index contributed by atoms with van der Waals surface area (Å²) in [7, 11) is 1.64. The van der Waals surface area contributed by atoms with Gasteiger partial charge in [-0.1, -0.05) is 18.6 Å². The number of phenols is 1. The number of nitrogens with two attached hydrogens (primary N) is 1. The van der Waals surface area contributed by atoms with Crippen LogP contribution >= 0.6 is 0 Å². The molecule has 0 fully saturated rings. The lowest BCUT2D eigenvalue weighted by molar-refractivity contribution is -0.130. The fourth-order valence-corrected chi connectivity index (χ4v) is 2.02. The Morgan fingerprint density at radius 3 is 2.57 bits per heavy atom. The topological polar surface area (TPSA) is 104 Å². The molecule has 21 heavy (non-hydrogen) atoms. The molecule has 6 nitrogen and oxygen atoms in total. The predicted octanol–water partition coefficient (Wildman–Crippen LogP) is 1.57. The average Bonchev–Trinajstić information content (AvgIpc) is 2.45. The van der Waals surface area contributed by atoms with Crippen molar-refractivity contribution in [2.24, 2.45) is 5.73 Å². The van der Waals surface area contributed by atoms with Gasteiger partial charge in [0.1, 0.15) is 11.3 Å². The number of carbonyl (C=O) groups excluding carboxylic acids is 1. The Hall–Kier alpha value is -2.08. The molecule has 1 aromatic carbocycles. The molecule has 0 spiro atoms. The van der Waals surface area contributed by atoms with Crippen molar-refractivity contribution < 1.29 is 19.8 Å². The van der Waals surface area contributed by atoms with E-state index >= 15 is 0 Å². The van der Waals surface area contributed by atoms with Gasteiger partial charge in [-0.25, -0.2) is 4.79 Å². The summed E-state index contributed by atoms with van der Waals surface area (Å²) >= 11 is 0. The number of para-hydroxylation sites is 1. The number of hydrogen-bond donors (Lipinski definition) is 3. The first-order valence-electron chi connectivity index (χ1n) is 6.95. The third-order valence-corrected chi connectivity index (χ3v) is 3.28. The van der Waals surface area contributed by atoms with E-state index in [0.29, 0.717) is 18.5 Å². The molecule has 0 bridgehead atoms. The molecule has 1 aromatic rings. The maximum absolute atomic E-state index is 11.9. The van der Waals surface area contributed by atoms with Gasteiger partial charge >= 0.3 is 5.97 Å². The summed E-state index contributed by atoms with van der Waals surface area (Å²) < 4.78 is 0. The van der Waals surface area contributed by atoms with Crippen LogP contribution in [0.25, 0.3) is 0 Å². The molecule has 4 N–H and O–H groups in total. The molecule has 0 unspecified atom stereocenters. The highest BCUT2D eigenvalue weighted by atomic mass is 16.4. The van der Waals surface area contributed by atoms with Crippen LogP contribution in [-0.2, 0) is 11.3 Å². The zero-order chi connectivity index (χ0) is 15.8. The molecular weight excluding hydrogens is 272 g/mol. The van der Waals surface area contributed by atoms with Gasteiger partial charge in [0.25, 0.3) is 0 Å². The highest BCUT2D eigenvalue weighted by molar-refractivity contribution is 5.91. The molecule has 0 aliphatic carbocycles. The van der Waals surface area contributed by atoms with E-state index in [0.717, 1.165) is 19.3 Å². The number of benzene rings is 1. The highest BCUT2D eigenvalue weighted by Crippen LogP contribution is 2.23. The van der Waals surface area contributed by atoms with Crippen LogP contribution in [0.5, 0.6) is 5.75 Å². The van der Waals surface area contributed by atoms with Crippen molar-refractivity contribution in [3.05, 3.63) is 29.3 Å². The van der Waals surface area contributed by atoms with Crippen molar-refractivity contribution in [2.75, 3.05) is 13.6 Å². The van der Waals surface area contributed by atoms with Crippen LogP contribution in [-0.4, -0.2) is 40.6 Å². The number of carboxylic acids is 1. The number of hydrogen-bond acceptors (Lipinski definition) is 4. The van der Waals surface area contributed by atoms with Crippen LogP contribution in [0.15, 0.2) is 18.2 Å². The van der Waals surface area contributed by atoms with Gasteiger partial charge in [0.15, 0.2) is 0 Å². The molecule has 6 heteroatoms. The van der Waals surface area contributed by atoms with Crippen molar-refractivity contribution in [3.63, 3.8) is 0 Å². The summed E-state index contributed by atoms with van der Waals surface area (Å²) in [6.07, 6.45) is 3.02. The summed E-state index contributed by atoms with van der Waals surface area (Å²) in [6, 6.07) is 4.49. The van der Waals surface area contributed by atoms with Gasteiger partial charge in [-0.05, 0) is 25.5 Å². The monoisotopic (exact) mass is 294 g/mol. The minimum absolute atomic E-state index is 0.0350. The molecule has 0 aliphatic heterocycles. The minimum atomic E-state index is -1.19. The predicted molar refractivity (Wildman–Crippen MR) is 79.1 cm³/mol. The van der Waals surface area contributed by atoms with E-state index in [-0.39, 0.29) is 23.8 Å². The number of aromatic carboxylic acids is 1. The maximum atomic E-state index is 11.9. The third-order valence-electron chi connectivity index (χ3n) is 3.28. The molecule has 0 aromatic heterocycles. The molecule has 1 amide bonds. The second-order valence-electron chi connectivity index (χ2n) is 4.97. The Bertz CT molecular complexity index is 502. The summed E-state index contributed by atoms with van der Waals surface area (Å²) in [4.78, 5) is 24.4. The molecular formula is C15H22N2O4. The van der Waals surface area contributed by atoms with Crippen LogP contribution in [0.2, 0.25) is 0 Å². The number of aromatic hydroxyl groups is 1. The zero-order valence-electron chi connectivity index (χ0n) is 12.2. The normalized spacial score (nSPS) is 10.4. The number of carbonyl (C=O) groups is 2. The van der Waals surface area contributed by atoms with Gasteiger partial charge in [0.2, 0.25) is 5.91 Å². The van der Waals surface area contributed by atoms with Crippen molar-refractivity contribution >= 4 is 11.9 Å². The molecule has 0 heterocycles. The average molecular weight is 294 g/mol.